The number of halogens is 1. The molecule has 0 spiro atoms. The van der Waals surface area contributed by atoms with E-state index < -0.39 is 24.0 Å². The Labute approximate surface area is 103 Å². The fourth-order valence-electron chi connectivity index (χ4n) is 1.81. The van der Waals surface area contributed by atoms with Crippen LogP contribution in [-0.4, -0.2) is 11.3 Å². The van der Waals surface area contributed by atoms with E-state index in [2.05, 4.69) is 10.6 Å². The van der Waals surface area contributed by atoms with Gasteiger partial charge in [0.1, 0.15) is 5.82 Å². The number of nitrogens with zero attached hydrogens (tertiary/aromatic N) is 1. The van der Waals surface area contributed by atoms with Crippen molar-refractivity contribution < 1.29 is 9.50 Å². The maximum atomic E-state index is 13.6. The number of nitrogens with one attached hydrogen (secondary N) is 2. The molecular formula is C11H9FN3OS-. The zero-order chi connectivity index (χ0) is 12.4. The second-order valence-corrected chi connectivity index (χ2v) is 4.10. The van der Waals surface area contributed by atoms with Crippen LogP contribution in [0.4, 0.5) is 4.39 Å². The van der Waals surface area contributed by atoms with Crippen LogP contribution in [0.5, 0.6) is 0 Å². The Morgan fingerprint density at radius 1 is 1.35 bits per heavy atom. The Balaban J connectivity index is 2.39. The Morgan fingerprint density at radius 3 is 2.71 bits per heavy atom. The molecule has 1 aliphatic heterocycles. The molecule has 1 aromatic rings. The quantitative estimate of drug-likeness (QED) is 0.695. The van der Waals surface area contributed by atoms with Crippen LogP contribution in [0.1, 0.15) is 11.6 Å². The first-order valence-electron chi connectivity index (χ1n) is 5.00. The van der Waals surface area contributed by atoms with Crippen LogP contribution in [0.3, 0.4) is 0 Å². The normalized spacial score (nSPS) is 27.8. The average Bonchev–Trinajstić information content (AvgIpc) is 2.28. The minimum Gasteiger partial charge on any atom is -0.835 e. The molecule has 0 aliphatic carbocycles. The Bertz CT molecular complexity index is 488. The molecular weight excluding hydrogens is 241 g/mol. The summed E-state index contributed by atoms with van der Waals surface area (Å²) in [6, 6.07) is 7.21. The third-order valence-electron chi connectivity index (χ3n) is 2.63. The highest BCUT2D eigenvalue weighted by molar-refractivity contribution is 7.80. The summed E-state index contributed by atoms with van der Waals surface area (Å²) in [5, 5.41) is 25.9. The summed E-state index contributed by atoms with van der Waals surface area (Å²) in [6.07, 6.45) is -1.35. The smallest absolute Gasteiger partial charge is 0.165 e. The van der Waals surface area contributed by atoms with Crippen LogP contribution in [0.2, 0.25) is 0 Å². The van der Waals surface area contributed by atoms with E-state index in [0.717, 1.165) is 0 Å². The van der Waals surface area contributed by atoms with E-state index in [4.69, 9.17) is 17.5 Å². The summed E-state index contributed by atoms with van der Waals surface area (Å²) >= 11 is 4.85. The number of hydrogen-bond acceptors (Lipinski definition) is 3. The van der Waals surface area contributed by atoms with Crippen LogP contribution in [0, 0.1) is 23.1 Å². The molecule has 1 fully saturated rings. The molecule has 1 aromatic carbocycles. The van der Waals surface area contributed by atoms with Gasteiger partial charge in [-0.05, 0) is 24.5 Å². The monoisotopic (exact) mass is 250 g/mol. The van der Waals surface area contributed by atoms with E-state index in [-0.39, 0.29) is 10.7 Å². The van der Waals surface area contributed by atoms with Crippen molar-refractivity contribution in [2.24, 2.45) is 5.92 Å². The average molecular weight is 250 g/mol. The first kappa shape index (κ1) is 11.8. The molecule has 0 bridgehead atoms. The number of nitriles is 1. The lowest BCUT2D eigenvalue weighted by atomic mass is 9.91. The van der Waals surface area contributed by atoms with Gasteiger partial charge >= 0.3 is 0 Å². The molecule has 0 saturated carbocycles. The maximum absolute atomic E-state index is 13.6. The van der Waals surface area contributed by atoms with Gasteiger partial charge in [-0.25, -0.2) is 4.39 Å². The molecule has 2 N–H and O–H groups in total. The molecule has 1 aliphatic rings. The summed E-state index contributed by atoms with van der Waals surface area (Å²) in [6.45, 7) is 0. The fraction of sp³-hybridized carbons (Fsp3) is 0.273. The molecule has 3 atom stereocenters. The molecule has 17 heavy (non-hydrogen) atoms. The number of benzene rings is 1. The highest BCUT2D eigenvalue weighted by Gasteiger charge is 2.31. The molecule has 0 aromatic heterocycles. The lowest BCUT2D eigenvalue weighted by Crippen LogP contribution is -2.61. The zero-order valence-corrected chi connectivity index (χ0v) is 9.50. The van der Waals surface area contributed by atoms with E-state index in [1.54, 1.807) is 12.1 Å². The van der Waals surface area contributed by atoms with Crippen molar-refractivity contribution in [2.45, 2.75) is 12.3 Å². The predicted molar refractivity (Wildman–Crippen MR) is 60.9 cm³/mol. The van der Waals surface area contributed by atoms with Gasteiger partial charge < -0.3 is 15.7 Å². The highest BCUT2D eigenvalue weighted by atomic mass is 32.1. The minimum atomic E-state index is -1.35. The van der Waals surface area contributed by atoms with Crippen molar-refractivity contribution >= 4 is 17.3 Å². The Morgan fingerprint density at radius 2 is 2.06 bits per heavy atom. The van der Waals surface area contributed by atoms with Crippen LogP contribution >= 0.6 is 12.2 Å². The second-order valence-electron chi connectivity index (χ2n) is 3.69. The van der Waals surface area contributed by atoms with Crippen LogP contribution in [-0.2, 0) is 0 Å². The third-order valence-corrected chi connectivity index (χ3v) is 2.87. The first-order valence-corrected chi connectivity index (χ1v) is 5.41. The lowest BCUT2D eigenvalue weighted by molar-refractivity contribution is -0.437. The van der Waals surface area contributed by atoms with Crippen molar-refractivity contribution in [2.75, 3.05) is 0 Å². The third kappa shape index (κ3) is 2.20. The Hall–Kier alpha value is -1.71. The van der Waals surface area contributed by atoms with Crippen LogP contribution < -0.4 is 15.7 Å². The van der Waals surface area contributed by atoms with Crippen LogP contribution in [0.25, 0.3) is 0 Å². The molecule has 3 unspecified atom stereocenters. The molecule has 6 heteroatoms. The van der Waals surface area contributed by atoms with Crippen LogP contribution in [0.15, 0.2) is 24.3 Å². The fourth-order valence-corrected chi connectivity index (χ4v) is 2.05. The number of rotatable bonds is 1. The SMILES string of the molecule is N#CC1C([O-])NC(=S)NC1c1ccccc1F. The van der Waals surface area contributed by atoms with E-state index in [0.29, 0.717) is 0 Å². The van der Waals surface area contributed by atoms with Gasteiger partial charge in [-0.15, -0.1) is 0 Å². The van der Waals surface area contributed by atoms with E-state index in [1.807, 2.05) is 6.07 Å². The molecule has 1 heterocycles. The van der Waals surface area contributed by atoms with Gasteiger partial charge in [0, 0.05) is 5.56 Å². The predicted octanol–water partition coefficient (Wildman–Crippen LogP) is 0.171. The minimum absolute atomic E-state index is 0.143. The molecule has 4 nitrogen and oxygen atoms in total. The van der Waals surface area contributed by atoms with Gasteiger partial charge in [-0.3, -0.25) is 0 Å². The van der Waals surface area contributed by atoms with Crippen molar-refractivity contribution in [1.82, 2.24) is 10.6 Å². The zero-order valence-electron chi connectivity index (χ0n) is 8.68. The molecule has 0 radical (unpaired) electrons. The van der Waals surface area contributed by atoms with Gasteiger partial charge in [0.15, 0.2) is 5.11 Å². The second kappa shape index (κ2) is 4.65. The molecule has 1 saturated heterocycles. The summed E-state index contributed by atoms with van der Waals surface area (Å²) in [7, 11) is 0. The summed E-state index contributed by atoms with van der Waals surface area (Å²) in [4.78, 5) is 0. The van der Waals surface area contributed by atoms with Crippen molar-refractivity contribution in [1.29, 1.82) is 5.26 Å². The van der Waals surface area contributed by atoms with Gasteiger partial charge in [0.2, 0.25) is 0 Å². The molecule has 2 rings (SSSR count). The maximum Gasteiger partial charge on any atom is 0.165 e. The van der Waals surface area contributed by atoms with Crippen molar-refractivity contribution in [3.63, 3.8) is 0 Å². The number of hydrogen-bond donors (Lipinski definition) is 2. The van der Waals surface area contributed by atoms with Gasteiger partial charge in [-0.1, -0.05) is 18.2 Å². The molecule has 0 amide bonds. The molecule has 88 valence electrons. The Kier molecular flexibility index (Phi) is 3.22. The summed E-state index contributed by atoms with van der Waals surface area (Å²) in [5.41, 5.74) is 0.281. The van der Waals surface area contributed by atoms with Gasteiger partial charge in [0.25, 0.3) is 0 Å². The van der Waals surface area contributed by atoms with E-state index in [9.17, 15) is 9.50 Å². The van der Waals surface area contributed by atoms with E-state index in [1.165, 1.54) is 12.1 Å². The van der Waals surface area contributed by atoms with Gasteiger partial charge in [0.05, 0.1) is 18.0 Å². The topological polar surface area (TPSA) is 70.9 Å². The van der Waals surface area contributed by atoms with Gasteiger partial charge in [-0.2, -0.15) is 5.26 Å². The van der Waals surface area contributed by atoms with Crippen molar-refractivity contribution in [3.05, 3.63) is 35.6 Å². The van der Waals surface area contributed by atoms with Crippen molar-refractivity contribution in [3.8, 4) is 6.07 Å². The first-order chi connectivity index (χ1) is 8.13. The summed E-state index contributed by atoms with van der Waals surface area (Å²) < 4.78 is 13.6. The standard InChI is InChI=1S/C11H9FN3OS/c12-8-4-2-1-3-6(8)9-7(5-13)10(16)15-11(17)14-9/h1-4,7,9-10H,(H2,14,15,17)/q-1. The highest BCUT2D eigenvalue weighted by Crippen LogP contribution is 2.27. The van der Waals surface area contributed by atoms with E-state index >= 15 is 0 Å². The number of thiocarbonyl (C=S) groups is 1. The lowest BCUT2D eigenvalue weighted by Gasteiger charge is -2.41. The largest absolute Gasteiger partial charge is 0.835 e. The summed E-state index contributed by atoms with van der Waals surface area (Å²) in [5.74, 6) is -1.37.